The van der Waals surface area contributed by atoms with Gasteiger partial charge in [-0.15, -0.1) is 0 Å². The number of nitrogens with one attached hydrogen (secondary N) is 2. The molecule has 1 amide bonds. The Morgan fingerprint density at radius 2 is 2.53 bits per heavy atom. The van der Waals surface area contributed by atoms with Gasteiger partial charge in [0.15, 0.2) is 5.82 Å². The first-order valence-electron chi connectivity index (χ1n) is 6.02. The fraction of sp³-hybridized carbons (Fsp3) is 0.333. The number of carbonyl (C=O) groups excluding carboxylic acids is 1. The van der Waals surface area contributed by atoms with Crippen molar-refractivity contribution >= 4 is 11.7 Å². The Labute approximate surface area is 110 Å². The molecule has 2 aromatic rings. The van der Waals surface area contributed by atoms with E-state index < -0.39 is 0 Å². The van der Waals surface area contributed by atoms with E-state index in [1.54, 1.807) is 25.4 Å². The molecule has 3 heterocycles. The molecule has 1 saturated heterocycles. The molecular formula is C12H14N5O2. The van der Waals surface area contributed by atoms with E-state index in [0.717, 1.165) is 12.1 Å². The first kappa shape index (κ1) is 11.9. The standard InChI is InChI=1S/C12H14N5O2/c1-17-9(4-5-13-17)12(18)14-11-7-8(15-16-11)10-3-2-6-19-10/h2,4-5,7,10H,3,6H2,1H3,(H2,14,15,16,18)/t10-/m1/s1. The lowest BCUT2D eigenvalue weighted by atomic mass is 10.2. The van der Waals surface area contributed by atoms with Crippen molar-refractivity contribution in [2.75, 3.05) is 11.9 Å². The summed E-state index contributed by atoms with van der Waals surface area (Å²) in [6.45, 7) is 0.653. The van der Waals surface area contributed by atoms with Crippen LogP contribution in [-0.2, 0) is 11.8 Å². The smallest absolute Gasteiger partial charge is 0.275 e. The van der Waals surface area contributed by atoms with Gasteiger partial charge in [-0.25, -0.2) is 0 Å². The second-order valence-corrected chi connectivity index (χ2v) is 4.35. The van der Waals surface area contributed by atoms with E-state index in [0.29, 0.717) is 18.1 Å². The second kappa shape index (κ2) is 4.85. The van der Waals surface area contributed by atoms with Crippen LogP contribution in [-0.4, -0.2) is 32.5 Å². The number of H-pyrrole nitrogens is 1. The molecular weight excluding hydrogens is 246 g/mol. The zero-order valence-electron chi connectivity index (χ0n) is 10.5. The van der Waals surface area contributed by atoms with Crippen molar-refractivity contribution in [3.63, 3.8) is 0 Å². The minimum Gasteiger partial charge on any atom is -0.372 e. The van der Waals surface area contributed by atoms with E-state index in [1.807, 2.05) is 0 Å². The molecule has 0 saturated carbocycles. The van der Waals surface area contributed by atoms with E-state index in [9.17, 15) is 4.79 Å². The summed E-state index contributed by atoms with van der Waals surface area (Å²) in [4.78, 5) is 12.0. The molecule has 2 N–H and O–H groups in total. The molecule has 0 aromatic carbocycles. The van der Waals surface area contributed by atoms with Gasteiger partial charge in [0.25, 0.3) is 5.91 Å². The highest BCUT2D eigenvalue weighted by Gasteiger charge is 2.20. The summed E-state index contributed by atoms with van der Waals surface area (Å²) in [5.41, 5.74) is 1.35. The van der Waals surface area contributed by atoms with Crippen LogP contribution in [0.4, 0.5) is 5.82 Å². The molecule has 0 unspecified atom stereocenters. The van der Waals surface area contributed by atoms with Crippen molar-refractivity contribution in [2.45, 2.75) is 12.5 Å². The third-order valence-electron chi connectivity index (χ3n) is 3.04. The second-order valence-electron chi connectivity index (χ2n) is 4.35. The molecule has 7 heteroatoms. The normalized spacial score (nSPS) is 18.7. The Bertz CT molecular complexity index is 582. The third kappa shape index (κ3) is 2.37. The Morgan fingerprint density at radius 1 is 1.63 bits per heavy atom. The topological polar surface area (TPSA) is 84.8 Å². The summed E-state index contributed by atoms with van der Waals surface area (Å²) in [7, 11) is 1.72. The molecule has 0 spiro atoms. The largest absolute Gasteiger partial charge is 0.372 e. The number of hydrogen-bond donors (Lipinski definition) is 2. The van der Waals surface area contributed by atoms with Gasteiger partial charge in [0.05, 0.1) is 18.4 Å². The average Bonchev–Trinajstić information content (AvgIpc) is 3.07. The van der Waals surface area contributed by atoms with E-state index in [4.69, 9.17) is 4.74 Å². The summed E-state index contributed by atoms with van der Waals surface area (Å²) in [5.74, 6) is 0.244. The number of carbonyl (C=O) groups is 1. The van der Waals surface area contributed by atoms with Crippen molar-refractivity contribution < 1.29 is 9.53 Å². The van der Waals surface area contributed by atoms with Gasteiger partial charge in [-0.2, -0.15) is 10.2 Å². The minimum absolute atomic E-state index is 0.00913. The minimum atomic E-state index is -0.239. The molecule has 2 aromatic heterocycles. The number of nitrogens with zero attached hydrogens (tertiary/aromatic N) is 3. The van der Waals surface area contributed by atoms with Gasteiger partial charge in [0.2, 0.25) is 0 Å². The molecule has 99 valence electrons. The summed E-state index contributed by atoms with van der Waals surface area (Å²) >= 11 is 0. The number of aromatic nitrogens is 4. The summed E-state index contributed by atoms with van der Waals surface area (Å²) < 4.78 is 7.01. The number of amides is 1. The number of aromatic amines is 1. The van der Waals surface area contributed by atoms with Crippen LogP contribution in [0.2, 0.25) is 0 Å². The van der Waals surface area contributed by atoms with Crippen LogP contribution in [0, 0.1) is 6.42 Å². The van der Waals surface area contributed by atoms with E-state index >= 15 is 0 Å². The molecule has 1 atom stereocenters. The molecule has 1 aliphatic heterocycles. The zero-order valence-corrected chi connectivity index (χ0v) is 10.5. The van der Waals surface area contributed by atoms with Crippen LogP contribution in [0.3, 0.4) is 0 Å². The van der Waals surface area contributed by atoms with Crippen LogP contribution in [0.15, 0.2) is 18.3 Å². The maximum atomic E-state index is 12.0. The monoisotopic (exact) mass is 260 g/mol. The van der Waals surface area contributed by atoms with Gasteiger partial charge in [-0.1, -0.05) is 0 Å². The average molecular weight is 260 g/mol. The molecule has 19 heavy (non-hydrogen) atoms. The summed E-state index contributed by atoms with van der Waals surface area (Å²) in [6, 6.07) is 3.44. The lowest BCUT2D eigenvalue weighted by Gasteiger charge is -2.04. The molecule has 1 aliphatic rings. The van der Waals surface area contributed by atoms with E-state index in [1.165, 1.54) is 4.68 Å². The Morgan fingerprint density at radius 3 is 3.21 bits per heavy atom. The lowest BCUT2D eigenvalue weighted by molar-refractivity contribution is 0.101. The molecule has 0 aliphatic carbocycles. The van der Waals surface area contributed by atoms with Gasteiger partial charge >= 0.3 is 0 Å². The highest BCUT2D eigenvalue weighted by molar-refractivity contribution is 6.02. The van der Waals surface area contributed by atoms with Crippen LogP contribution in [0.25, 0.3) is 0 Å². The first-order chi connectivity index (χ1) is 9.24. The van der Waals surface area contributed by atoms with Gasteiger partial charge in [0, 0.05) is 19.3 Å². The summed E-state index contributed by atoms with van der Waals surface area (Å²) in [6.07, 6.45) is 4.51. The SMILES string of the molecule is Cn1nccc1C(=O)Nc1cc([C@H]2C[CH]CO2)[nH]n1. The molecule has 3 rings (SSSR count). The molecule has 7 nitrogen and oxygen atoms in total. The lowest BCUT2D eigenvalue weighted by Crippen LogP contribution is -2.16. The Hall–Kier alpha value is -2.15. The number of aryl methyl sites for hydroxylation is 1. The van der Waals surface area contributed by atoms with Crippen molar-refractivity contribution in [2.24, 2.45) is 7.05 Å². The van der Waals surface area contributed by atoms with Gasteiger partial charge in [0.1, 0.15) is 5.69 Å². The first-order valence-corrected chi connectivity index (χ1v) is 6.02. The maximum absolute atomic E-state index is 12.0. The highest BCUT2D eigenvalue weighted by Crippen LogP contribution is 2.27. The fourth-order valence-corrected chi connectivity index (χ4v) is 2.03. The van der Waals surface area contributed by atoms with Crippen molar-refractivity contribution in [1.82, 2.24) is 20.0 Å². The van der Waals surface area contributed by atoms with Crippen LogP contribution < -0.4 is 5.32 Å². The van der Waals surface area contributed by atoms with Crippen molar-refractivity contribution in [3.05, 3.63) is 36.1 Å². The number of hydrogen-bond acceptors (Lipinski definition) is 4. The molecule has 1 fully saturated rings. The maximum Gasteiger partial charge on any atom is 0.275 e. The Kier molecular flexibility index (Phi) is 3.04. The Balaban J connectivity index is 1.70. The van der Waals surface area contributed by atoms with Gasteiger partial charge in [-0.3, -0.25) is 14.6 Å². The quantitative estimate of drug-likeness (QED) is 0.864. The van der Waals surface area contributed by atoms with Crippen molar-refractivity contribution in [3.8, 4) is 0 Å². The predicted molar refractivity (Wildman–Crippen MR) is 67.4 cm³/mol. The number of ether oxygens (including phenoxy) is 1. The van der Waals surface area contributed by atoms with Crippen LogP contribution >= 0.6 is 0 Å². The van der Waals surface area contributed by atoms with Gasteiger partial charge < -0.3 is 10.1 Å². The third-order valence-corrected chi connectivity index (χ3v) is 3.04. The summed E-state index contributed by atoms with van der Waals surface area (Å²) in [5, 5.41) is 13.6. The van der Waals surface area contributed by atoms with Crippen LogP contribution in [0.5, 0.6) is 0 Å². The van der Waals surface area contributed by atoms with Crippen LogP contribution in [0.1, 0.15) is 28.7 Å². The highest BCUT2D eigenvalue weighted by atomic mass is 16.5. The number of rotatable bonds is 3. The van der Waals surface area contributed by atoms with Gasteiger partial charge in [-0.05, 0) is 18.9 Å². The molecule has 1 radical (unpaired) electrons. The van der Waals surface area contributed by atoms with E-state index in [2.05, 4.69) is 27.0 Å². The number of anilines is 1. The zero-order chi connectivity index (χ0) is 13.2. The predicted octanol–water partition coefficient (Wildman–Crippen LogP) is 1.06. The van der Waals surface area contributed by atoms with E-state index in [-0.39, 0.29) is 12.0 Å². The van der Waals surface area contributed by atoms with Crippen molar-refractivity contribution in [1.29, 1.82) is 0 Å². The molecule has 0 bridgehead atoms. The fourth-order valence-electron chi connectivity index (χ4n) is 2.03.